The summed E-state index contributed by atoms with van der Waals surface area (Å²) in [5.74, 6) is 0.490. The van der Waals surface area contributed by atoms with Gasteiger partial charge in [0.1, 0.15) is 12.1 Å². The molecule has 134 valence electrons. The van der Waals surface area contributed by atoms with Gasteiger partial charge < -0.3 is 10.1 Å². The number of carbonyl (C=O) groups is 1. The van der Waals surface area contributed by atoms with E-state index >= 15 is 0 Å². The van der Waals surface area contributed by atoms with E-state index in [0.29, 0.717) is 5.75 Å². The Morgan fingerprint density at radius 2 is 1.92 bits per heavy atom. The van der Waals surface area contributed by atoms with Gasteiger partial charge in [0.25, 0.3) is 5.91 Å². The number of hydrogen-bond acceptors (Lipinski definition) is 5. The van der Waals surface area contributed by atoms with Gasteiger partial charge in [0.2, 0.25) is 0 Å². The molecule has 0 fully saturated rings. The molecule has 3 rings (SSSR count). The highest BCUT2D eigenvalue weighted by Gasteiger charge is 2.08. The second-order valence-electron chi connectivity index (χ2n) is 6.03. The van der Waals surface area contributed by atoms with Crippen molar-refractivity contribution >= 4 is 5.91 Å². The van der Waals surface area contributed by atoms with Crippen molar-refractivity contribution in [1.29, 1.82) is 0 Å². The van der Waals surface area contributed by atoms with Crippen molar-refractivity contribution in [2.24, 2.45) is 0 Å². The zero-order valence-corrected chi connectivity index (χ0v) is 14.6. The lowest BCUT2D eigenvalue weighted by atomic mass is 10.1. The summed E-state index contributed by atoms with van der Waals surface area (Å²) >= 11 is 0. The average molecular weight is 351 g/mol. The van der Waals surface area contributed by atoms with Gasteiger partial charge >= 0.3 is 0 Å². The molecule has 0 spiro atoms. The molecule has 0 aliphatic heterocycles. The summed E-state index contributed by atoms with van der Waals surface area (Å²) in [5.41, 5.74) is 2.09. The molecule has 1 amide bonds. The fourth-order valence-corrected chi connectivity index (χ4v) is 2.54. The molecule has 0 unspecified atom stereocenters. The van der Waals surface area contributed by atoms with Gasteiger partial charge in [-0.15, -0.1) is 5.10 Å². The van der Waals surface area contributed by atoms with E-state index in [-0.39, 0.29) is 18.6 Å². The quantitative estimate of drug-likeness (QED) is 0.673. The highest BCUT2D eigenvalue weighted by molar-refractivity contribution is 5.77. The van der Waals surface area contributed by atoms with Crippen LogP contribution in [0.3, 0.4) is 0 Å². The van der Waals surface area contributed by atoms with Gasteiger partial charge in [-0.2, -0.15) is 0 Å². The largest absolute Gasteiger partial charge is 0.484 e. The summed E-state index contributed by atoms with van der Waals surface area (Å²) in [7, 11) is 0. The monoisotopic (exact) mass is 351 g/mol. The van der Waals surface area contributed by atoms with Crippen LogP contribution in [0.4, 0.5) is 0 Å². The molecule has 0 saturated carbocycles. The van der Waals surface area contributed by atoms with Crippen LogP contribution in [-0.4, -0.2) is 38.8 Å². The van der Waals surface area contributed by atoms with Crippen LogP contribution < -0.4 is 10.1 Å². The second kappa shape index (κ2) is 8.75. The number of aromatic nitrogens is 4. The first kappa shape index (κ1) is 17.6. The normalized spacial score (nSPS) is 11.7. The topological polar surface area (TPSA) is 81.9 Å². The molecule has 0 saturated heterocycles. The third-order valence-corrected chi connectivity index (χ3v) is 3.94. The molecule has 0 radical (unpaired) electrons. The van der Waals surface area contributed by atoms with E-state index in [9.17, 15) is 4.79 Å². The number of ether oxygens (including phenoxy) is 1. The number of tetrazole rings is 1. The lowest BCUT2D eigenvalue weighted by molar-refractivity contribution is -0.123. The molecule has 0 aliphatic rings. The molecule has 7 heteroatoms. The lowest BCUT2D eigenvalue weighted by Crippen LogP contribution is -2.36. The molecule has 1 heterocycles. The number of nitrogens with zero attached hydrogens (tertiary/aromatic N) is 4. The van der Waals surface area contributed by atoms with Crippen molar-refractivity contribution in [2.75, 3.05) is 6.61 Å². The number of rotatable bonds is 8. The van der Waals surface area contributed by atoms with Crippen LogP contribution in [0.25, 0.3) is 5.69 Å². The summed E-state index contributed by atoms with van der Waals surface area (Å²) < 4.78 is 7.08. The van der Waals surface area contributed by atoms with Crippen molar-refractivity contribution in [2.45, 2.75) is 25.8 Å². The second-order valence-corrected chi connectivity index (χ2v) is 6.03. The van der Waals surface area contributed by atoms with Crippen LogP contribution >= 0.6 is 0 Å². The Labute approximate surface area is 152 Å². The Morgan fingerprint density at radius 1 is 1.15 bits per heavy atom. The molecular formula is C19H21N5O2. The Morgan fingerprint density at radius 3 is 2.62 bits per heavy atom. The zero-order chi connectivity index (χ0) is 18.2. The fraction of sp³-hybridized carbons (Fsp3) is 0.263. The minimum Gasteiger partial charge on any atom is -0.484 e. The fourth-order valence-electron chi connectivity index (χ4n) is 2.54. The van der Waals surface area contributed by atoms with Crippen molar-refractivity contribution in [3.8, 4) is 11.4 Å². The van der Waals surface area contributed by atoms with Gasteiger partial charge in [-0.3, -0.25) is 4.79 Å². The molecule has 1 aromatic heterocycles. The van der Waals surface area contributed by atoms with Gasteiger partial charge in [0.05, 0.1) is 5.69 Å². The molecule has 1 atom stereocenters. The van der Waals surface area contributed by atoms with Crippen molar-refractivity contribution < 1.29 is 9.53 Å². The SMILES string of the molecule is C[C@@H](CCc1ccccc1)NC(=O)COc1ccc(-n2cnnn2)cc1. The van der Waals surface area contributed by atoms with Crippen molar-refractivity contribution in [3.63, 3.8) is 0 Å². The maximum atomic E-state index is 12.0. The highest BCUT2D eigenvalue weighted by Crippen LogP contribution is 2.14. The Hall–Kier alpha value is -3.22. The van der Waals surface area contributed by atoms with Crippen LogP contribution in [-0.2, 0) is 11.2 Å². The predicted octanol–water partition coefficient (Wildman–Crippen LogP) is 2.18. The lowest BCUT2D eigenvalue weighted by Gasteiger charge is -2.14. The van der Waals surface area contributed by atoms with Gasteiger partial charge in [-0.05, 0) is 60.0 Å². The van der Waals surface area contributed by atoms with Gasteiger partial charge in [0.15, 0.2) is 6.61 Å². The smallest absolute Gasteiger partial charge is 0.258 e. The molecule has 3 aromatic rings. The number of aryl methyl sites for hydroxylation is 1. The molecular weight excluding hydrogens is 330 g/mol. The summed E-state index contributed by atoms with van der Waals surface area (Å²) in [6.07, 6.45) is 3.33. The minimum absolute atomic E-state index is 0.0140. The van der Waals surface area contributed by atoms with Crippen LogP contribution in [0.15, 0.2) is 60.9 Å². The Bertz CT molecular complexity index is 804. The summed E-state index contributed by atoms with van der Waals surface area (Å²) in [6.45, 7) is 1.99. The molecule has 0 aliphatic carbocycles. The van der Waals surface area contributed by atoms with E-state index in [1.165, 1.54) is 11.9 Å². The minimum atomic E-state index is -0.130. The van der Waals surface area contributed by atoms with Crippen LogP contribution in [0.5, 0.6) is 5.75 Å². The Balaban J connectivity index is 1.40. The molecule has 7 nitrogen and oxygen atoms in total. The molecule has 26 heavy (non-hydrogen) atoms. The van der Waals surface area contributed by atoms with Gasteiger partial charge in [-0.25, -0.2) is 4.68 Å². The summed E-state index contributed by atoms with van der Waals surface area (Å²) in [5, 5.41) is 14.0. The number of benzene rings is 2. The van der Waals surface area contributed by atoms with E-state index in [2.05, 4.69) is 33.0 Å². The Kier molecular flexibility index (Phi) is 5.92. The summed E-state index contributed by atoms with van der Waals surface area (Å²) in [6, 6.07) is 17.5. The first-order chi connectivity index (χ1) is 12.7. The highest BCUT2D eigenvalue weighted by atomic mass is 16.5. The third-order valence-electron chi connectivity index (χ3n) is 3.94. The molecule has 2 aromatic carbocycles. The van der Waals surface area contributed by atoms with Crippen molar-refractivity contribution in [1.82, 2.24) is 25.5 Å². The zero-order valence-electron chi connectivity index (χ0n) is 14.6. The standard InChI is InChI=1S/C19H21N5O2/c1-15(7-8-16-5-3-2-4-6-16)21-19(25)13-26-18-11-9-17(10-12-18)24-14-20-22-23-24/h2-6,9-12,14-15H,7-8,13H2,1H3,(H,21,25)/t15-/m0/s1. The van der Waals surface area contributed by atoms with Crippen LogP contribution in [0, 0.1) is 0 Å². The van der Waals surface area contributed by atoms with E-state index in [1.807, 2.05) is 37.3 Å². The predicted molar refractivity (Wildman–Crippen MR) is 97.0 cm³/mol. The average Bonchev–Trinajstić information content (AvgIpc) is 3.21. The number of nitrogens with one attached hydrogen (secondary N) is 1. The maximum absolute atomic E-state index is 12.0. The van der Waals surface area contributed by atoms with Gasteiger partial charge in [-0.1, -0.05) is 30.3 Å². The van der Waals surface area contributed by atoms with Gasteiger partial charge in [0, 0.05) is 6.04 Å². The first-order valence-electron chi connectivity index (χ1n) is 8.50. The molecule has 0 bridgehead atoms. The molecule has 1 N–H and O–H groups in total. The first-order valence-corrected chi connectivity index (χ1v) is 8.50. The van der Waals surface area contributed by atoms with E-state index in [4.69, 9.17) is 4.74 Å². The third kappa shape index (κ3) is 5.14. The maximum Gasteiger partial charge on any atom is 0.258 e. The number of carbonyl (C=O) groups excluding carboxylic acids is 1. The van der Waals surface area contributed by atoms with E-state index in [0.717, 1.165) is 18.5 Å². The van der Waals surface area contributed by atoms with E-state index in [1.54, 1.807) is 16.8 Å². The van der Waals surface area contributed by atoms with E-state index < -0.39 is 0 Å². The van der Waals surface area contributed by atoms with Crippen molar-refractivity contribution in [3.05, 3.63) is 66.5 Å². The number of hydrogen-bond donors (Lipinski definition) is 1. The summed E-state index contributed by atoms with van der Waals surface area (Å²) in [4.78, 5) is 12.0. The van der Waals surface area contributed by atoms with Crippen LogP contribution in [0.2, 0.25) is 0 Å². The van der Waals surface area contributed by atoms with Crippen LogP contribution in [0.1, 0.15) is 18.9 Å². The number of amides is 1.